The predicted octanol–water partition coefficient (Wildman–Crippen LogP) is 2.12. The molecule has 140 valence electrons. The summed E-state index contributed by atoms with van der Waals surface area (Å²) in [5, 5.41) is 9.63. The molecule has 0 aliphatic heterocycles. The maximum absolute atomic E-state index is 11.2. The molecule has 0 amide bonds. The van der Waals surface area contributed by atoms with E-state index in [0.29, 0.717) is 46.1 Å². The van der Waals surface area contributed by atoms with Gasteiger partial charge in [0.15, 0.2) is 6.29 Å². The van der Waals surface area contributed by atoms with Crippen LogP contribution in [0.1, 0.15) is 33.1 Å². The molecule has 2 aromatic rings. The number of likely N-dealkylation sites (N-methyl/N-ethyl adjacent to an activating group) is 1. The zero-order chi connectivity index (χ0) is 20.0. The summed E-state index contributed by atoms with van der Waals surface area (Å²) in [5.74, 6) is 6.03. The van der Waals surface area contributed by atoms with E-state index < -0.39 is 0 Å². The van der Waals surface area contributed by atoms with Gasteiger partial charge in [0.05, 0.1) is 22.3 Å². The zero-order valence-electron chi connectivity index (χ0n) is 15.1. The van der Waals surface area contributed by atoms with Gasteiger partial charge in [0, 0.05) is 17.7 Å². The summed E-state index contributed by atoms with van der Waals surface area (Å²) in [7, 11) is 3.83. The van der Waals surface area contributed by atoms with E-state index >= 15 is 0 Å². The number of nitrogens with one attached hydrogen (secondary N) is 1. The topological polar surface area (TPSA) is 121 Å². The van der Waals surface area contributed by atoms with Gasteiger partial charge in [-0.1, -0.05) is 23.7 Å². The lowest BCUT2D eigenvalue weighted by Crippen LogP contribution is -2.33. The number of nitrogens with zero attached hydrogens (tertiary/aromatic N) is 3. The van der Waals surface area contributed by atoms with E-state index in [1.807, 2.05) is 25.1 Å². The second-order valence-corrected chi connectivity index (χ2v) is 6.58. The molecule has 0 bridgehead atoms. The van der Waals surface area contributed by atoms with E-state index in [2.05, 4.69) is 11.5 Å². The number of benzene rings is 2. The SMILES string of the molecule is CN(C)CC(N=C(NN)c1cccc(C=O)c1N)c1ccc(Cl)c(C#N)c1. The molecule has 27 heavy (non-hydrogen) atoms. The summed E-state index contributed by atoms with van der Waals surface area (Å²) < 4.78 is 0. The fraction of sp³-hybridized carbons (Fsp3) is 0.211. The Morgan fingerprint density at radius 2 is 2.15 bits per heavy atom. The van der Waals surface area contributed by atoms with Gasteiger partial charge in [-0.3, -0.25) is 9.79 Å². The number of hydrogen-bond acceptors (Lipinski definition) is 6. The van der Waals surface area contributed by atoms with Crippen LogP contribution in [-0.4, -0.2) is 37.7 Å². The fourth-order valence-corrected chi connectivity index (χ4v) is 2.80. The Kier molecular flexibility index (Phi) is 6.91. The number of halogens is 1. The van der Waals surface area contributed by atoms with Crippen LogP contribution >= 0.6 is 11.6 Å². The number of nitrogens with two attached hydrogens (primary N) is 2. The third-order valence-electron chi connectivity index (χ3n) is 3.98. The molecule has 1 unspecified atom stereocenters. The van der Waals surface area contributed by atoms with Crippen LogP contribution in [0.25, 0.3) is 0 Å². The van der Waals surface area contributed by atoms with Gasteiger partial charge >= 0.3 is 0 Å². The van der Waals surface area contributed by atoms with Crippen molar-refractivity contribution in [3.8, 4) is 6.07 Å². The minimum absolute atomic E-state index is 0.293. The Balaban J connectivity index is 2.56. The summed E-state index contributed by atoms with van der Waals surface area (Å²) in [6, 6.07) is 12.0. The number of anilines is 1. The number of nitrogen functional groups attached to an aromatic ring is 1. The van der Waals surface area contributed by atoms with E-state index in [9.17, 15) is 10.1 Å². The zero-order valence-corrected chi connectivity index (χ0v) is 15.9. The molecule has 2 rings (SSSR count). The molecule has 7 nitrogen and oxygen atoms in total. The average molecular weight is 385 g/mol. The molecule has 1 atom stereocenters. The first-order chi connectivity index (χ1) is 12.9. The number of aliphatic imine (C=N–C) groups is 1. The number of hydrazine groups is 1. The second-order valence-electron chi connectivity index (χ2n) is 6.18. The van der Waals surface area contributed by atoms with E-state index in [1.54, 1.807) is 30.3 Å². The molecule has 8 heteroatoms. The van der Waals surface area contributed by atoms with Gasteiger partial charge in [0.2, 0.25) is 0 Å². The van der Waals surface area contributed by atoms with Crippen molar-refractivity contribution in [1.29, 1.82) is 5.26 Å². The molecule has 0 saturated carbocycles. The third kappa shape index (κ3) is 4.83. The minimum Gasteiger partial charge on any atom is -0.398 e. The first-order valence-corrected chi connectivity index (χ1v) is 8.51. The average Bonchev–Trinajstić information content (AvgIpc) is 2.65. The molecule has 2 aromatic carbocycles. The Labute approximate surface area is 163 Å². The van der Waals surface area contributed by atoms with Gasteiger partial charge in [0.25, 0.3) is 0 Å². The first kappa shape index (κ1) is 20.4. The second kappa shape index (κ2) is 9.14. The maximum Gasteiger partial charge on any atom is 0.152 e. The lowest BCUT2D eigenvalue weighted by Gasteiger charge is -2.20. The van der Waals surface area contributed by atoms with Crippen molar-refractivity contribution < 1.29 is 4.79 Å². The van der Waals surface area contributed by atoms with Crippen LogP contribution in [0.2, 0.25) is 5.02 Å². The van der Waals surface area contributed by atoms with Crippen LogP contribution in [0.5, 0.6) is 0 Å². The number of para-hydroxylation sites is 1. The summed E-state index contributed by atoms with van der Waals surface area (Å²) in [6.45, 7) is 0.560. The van der Waals surface area contributed by atoms with Crippen molar-refractivity contribution in [2.45, 2.75) is 6.04 Å². The molecule has 0 spiro atoms. The monoisotopic (exact) mass is 384 g/mol. The van der Waals surface area contributed by atoms with Crippen LogP contribution in [0.15, 0.2) is 41.4 Å². The maximum atomic E-state index is 11.2. The van der Waals surface area contributed by atoms with Crippen molar-refractivity contribution in [2.75, 3.05) is 26.4 Å². The van der Waals surface area contributed by atoms with E-state index in [0.717, 1.165) is 5.56 Å². The van der Waals surface area contributed by atoms with Crippen LogP contribution in [-0.2, 0) is 0 Å². The highest BCUT2D eigenvalue weighted by atomic mass is 35.5. The molecule has 0 aliphatic carbocycles. The van der Waals surface area contributed by atoms with Gasteiger partial charge in [-0.2, -0.15) is 5.26 Å². The van der Waals surface area contributed by atoms with Gasteiger partial charge in [-0.15, -0.1) is 0 Å². The fourth-order valence-electron chi connectivity index (χ4n) is 2.64. The van der Waals surface area contributed by atoms with Crippen molar-refractivity contribution in [1.82, 2.24) is 10.3 Å². The Morgan fingerprint density at radius 1 is 1.41 bits per heavy atom. The van der Waals surface area contributed by atoms with Gasteiger partial charge in [-0.25, -0.2) is 5.84 Å². The number of rotatable bonds is 6. The lowest BCUT2D eigenvalue weighted by atomic mass is 10.0. The molecule has 0 fully saturated rings. The van der Waals surface area contributed by atoms with Gasteiger partial charge in [0.1, 0.15) is 11.9 Å². The number of carbonyl (C=O) groups excluding carboxylic acids is 1. The number of amidine groups is 1. The number of hydrogen-bond donors (Lipinski definition) is 3. The van der Waals surface area contributed by atoms with Crippen LogP contribution in [0.4, 0.5) is 5.69 Å². The summed E-state index contributed by atoms with van der Waals surface area (Å²) in [6.07, 6.45) is 0.683. The Bertz CT molecular complexity index is 904. The quantitative estimate of drug-likeness (QED) is 0.175. The van der Waals surface area contributed by atoms with Crippen molar-refractivity contribution >= 4 is 29.4 Å². The van der Waals surface area contributed by atoms with Crippen LogP contribution in [0.3, 0.4) is 0 Å². The van der Waals surface area contributed by atoms with Crippen LogP contribution in [0, 0.1) is 11.3 Å². The molecule has 0 radical (unpaired) electrons. The Morgan fingerprint density at radius 3 is 2.74 bits per heavy atom. The highest BCUT2D eigenvalue weighted by Gasteiger charge is 2.17. The highest BCUT2D eigenvalue weighted by Crippen LogP contribution is 2.25. The first-order valence-electron chi connectivity index (χ1n) is 8.14. The third-order valence-corrected chi connectivity index (χ3v) is 4.31. The highest BCUT2D eigenvalue weighted by molar-refractivity contribution is 6.31. The molecule has 0 saturated heterocycles. The van der Waals surface area contributed by atoms with Gasteiger partial charge in [-0.05, 0) is 43.9 Å². The standard InChI is InChI=1S/C19H21ClN6O/c1-26(2)10-17(12-6-7-16(20)14(8-12)9-21)24-19(25-23)15-5-3-4-13(11-27)18(15)22/h3-8,11,17H,10,22-23H2,1-2H3,(H,24,25). The molecule has 0 aromatic heterocycles. The summed E-state index contributed by atoms with van der Waals surface area (Å²) in [4.78, 5) is 17.8. The molecule has 5 N–H and O–H groups in total. The predicted molar refractivity (Wildman–Crippen MR) is 108 cm³/mol. The van der Waals surface area contributed by atoms with Crippen LogP contribution < -0.4 is 17.0 Å². The van der Waals surface area contributed by atoms with Crippen molar-refractivity contribution in [3.05, 3.63) is 63.7 Å². The van der Waals surface area contributed by atoms with Crippen molar-refractivity contribution in [3.63, 3.8) is 0 Å². The van der Waals surface area contributed by atoms with Crippen molar-refractivity contribution in [2.24, 2.45) is 10.8 Å². The molecular weight excluding hydrogens is 364 g/mol. The lowest BCUT2D eigenvalue weighted by molar-refractivity contribution is 0.112. The summed E-state index contributed by atoms with van der Waals surface area (Å²) in [5.41, 5.74) is 11.0. The largest absolute Gasteiger partial charge is 0.398 e. The minimum atomic E-state index is -0.338. The Hall–Kier alpha value is -2.92. The smallest absolute Gasteiger partial charge is 0.152 e. The molecule has 0 aliphatic rings. The number of nitriles is 1. The number of aldehydes is 1. The van der Waals surface area contributed by atoms with Gasteiger partial charge < -0.3 is 16.1 Å². The van der Waals surface area contributed by atoms with E-state index in [-0.39, 0.29) is 6.04 Å². The van der Waals surface area contributed by atoms with E-state index in [1.165, 1.54) is 0 Å². The normalized spacial score (nSPS) is 12.5. The summed E-state index contributed by atoms with van der Waals surface area (Å²) >= 11 is 6.04. The number of carbonyl (C=O) groups is 1. The van der Waals surface area contributed by atoms with E-state index in [4.69, 9.17) is 28.2 Å². The molecule has 0 heterocycles. The molecular formula is C19H21ClN6O.